The molecule has 12 heavy (non-hydrogen) atoms. The molecule has 0 fully saturated rings. The minimum atomic E-state index is 0.103. The molecule has 60 valence electrons. The molecule has 0 aliphatic heterocycles. The van der Waals surface area contributed by atoms with Gasteiger partial charge in [0, 0.05) is 17.3 Å². The topological polar surface area (TPSA) is 65.7 Å². The second-order valence-corrected chi connectivity index (χ2v) is 2.69. The lowest BCUT2D eigenvalue weighted by Crippen LogP contribution is -2.10. The number of nitrogen functional groups attached to an aromatic ring is 1. The third-order valence-electron chi connectivity index (χ3n) is 1.87. The van der Waals surface area contributed by atoms with Crippen LogP contribution in [0.2, 0.25) is 0 Å². The zero-order chi connectivity index (χ0) is 8.55. The van der Waals surface area contributed by atoms with Crippen molar-refractivity contribution in [1.82, 2.24) is 4.98 Å². The highest BCUT2D eigenvalue weighted by molar-refractivity contribution is 5.98. The summed E-state index contributed by atoms with van der Waals surface area (Å²) in [5.41, 5.74) is 7.11. The van der Waals surface area contributed by atoms with Gasteiger partial charge >= 0.3 is 0 Å². The highest BCUT2D eigenvalue weighted by atomic mass is 14.7. The van der Waals surface area contributed by atoms with E-state index in [0.29, 0.717) is 0 Å². The van der Waals surface area contributed by atoms with E-state index in [1.165, 1.54) is 0 Å². The molecule has 1 aromatic carbocycles. The highest BCUT2D eigenvalue weighted by Crippen LogP contribution is 2.13. The standard InChI is InChI=1S/C9H9N3/c10-9(11)7-2-1-6-3-4-12-8(6)5-7/h1-5,12H,(H3,10,11). The van der Waals surface area contributed by atoms with Crippen LogP contribution in [0.4, 0.5) is 0 Å². The first-order valence-electron chi connectivity index (χ1n) is 3.69. The molecule has 3 heteroatoms. The first-order chi connectivity index (χ1) is 5.77. The average Bonchev–Trinajstić information content (AvgIpc) is 2.49. The van der Waals surface area contributed by atoms with Crippen molar-refractivity contribution in [1.29, 1.82) is 5.41 Å². The Hall–Kier alpha value is -1.77. The minimum absolute atomic E-state index is 0.103. The van der Waals surface area contributed by atoms with Gasteiger partial charge in [0.15, 0.2) is 0 Å². The van der Waals surface area contributed by atoms with Crippen molar-refractivity contribution in [3.63, 3.8) is 0 Å². The van der Waals surface area contributed by atoms with Gasteiger partial charge in [-0.2, -0.15) is 0 Å². The summed E-state index contributed by atoms with van der Waals surface area (Å²) in [6, 6.07) is 7.65. The molecule has 0 radical (unpaired) electrons. The number of hydrogen-bond acceptors (Lipinski definition) is 1. The predicted octanol–water partition coefficient (Wildman–Crippen LogP) is 1.45. The number of rotatable bonds is 1. The van der Waals surface area contributed by atoms with Crippen LogP contribution in [0.5, 0.6) is 0 Å². The molecule has 0 aliphatic carbocycles. The average molecular weight is 159 g/mol. The van der Waals surface area contributed by atoms with Crippen molar-refractivity contribution in [2.75, 3.05) is 0 Å². The van der Waals surface area contributed by atoms with Crippen molar-refractivity contribution in [3.8, 4) is 0 Å². The summed E-state index contributed by atoms with van der Waals surface area (Å²) in [4.78, 5) is 3.06. The summed E-state index contributed by atoms with van der Waals surface area (Å²) in [5, 5.41) is 8.37. The number of fused-ring (bicyclic) bond motifs is 1. The van der Waals surface area contributed by atoms with Gasteiger partial charge < -0.3 is 10.7 Å². The highest BCUT2D eigenvalue weighted by Gasteiger charge is 1.98. The monoisotopic (exact) mass is 159 g/mol. The fourth-order valence-corrected chi connectivity index (χ4v) is 1.22. The lowest BCUT2D eigenvalue weighted by Gasteiger charge is -1.96. The van der Waals surface area contributed by atoms with Crippen molar-refractivity contribution in [2.45, 2.75) is 0 Å². The van der Waals surface area contributed by atoms with Gasteiger partial charge in [-0.1, -0.05) is 12.1 Å². The lowest BCUT2D eigenvalue weighted by atomic mass is 10.1. The Balaban J connectivity index is 2.68. The largest absolute Gasteiger partial charge is 0.384 e. The normalized spacial score (nSPS) is 10.3. The van der Waals surface area contributed by atoms with Gasteiger partial charge in [0.05, 0.1) is 0 Å². The fourth-order valence-electron chi connectivity index (χ4n) is 1.22. The second-order valence-electron chi connectivity index (χ2n) is 2.69. The molecular formula is C9H9N3. The maximum atomic E-state index is 7.23. The molecule has 2 aromatic rings. The Kier molecular flexibility index (Phi) is 1.37. The molecule has 4 N–H and O–H groups in total. The summed E-state index contributed by atoms with van der Waals surface area (Å²) in [6.45, 7) is 0. The maximum Gasteiger partial charge on any atom is 0.122 e. The Morgan fingerprint density at radius 2 is 2.17 bits per heavy atom. The van der Waals surface area contributed by atoms with Crippen LogP contribution in [0.15, 0.2) is 30.5 Å². The van der Waals surface area contributed by atoms with Crippen molar-refractivity contribution < 1.29 is 0 Å². The smallest absolute Gasteiger partial charge is 0.122 e. The molecule has 0 saturated heterocycles. The van der Waals surface area contributed by atoms with Crippen LogP contribution in [0.1, 0.15) is 5.56 Å². The van der Waals surface area contributed by atoms with Crippen LogP contribution < -0.4 is 5.73 Å². The van der Waals surface area contributed by atoms with Gasteiger partial charge in [0.2, 0.25) is 0 Å². The van der Waals surface area contributed by atoms with E-state index in [1.807, 2.05) is 30.5 Å². The molecule has 0 unspecified atom stereocenters. The third-order valence-corrected chi connectivity index (χ3v) is 1.87. The van der Waals surface area contributed by atoms with E-state index >= 15 is 0 Å². The van der Waals surface area contributed by atoms with Crippen LogP contribution in [0.3, 0.4) is 0 Å². The summed E-state index contributed by atoms with van der Waals surface area (Å²) in [7, 11) is 0. The van der Waals surface area contributed by atoms with E-state index in [2.05, 4.69) is 4.98 Å². The van der Waals surface area contributed by atoms with Crippen LogP contribution in [-0.4, -0.2) is 10.8 Å². The summed E-state index contributed by atoms with van der Waals surface area (Å²) < 4.78 is 0. The van der Waals surface area contributed by atoms with E-state index in [4.69, 9.17) is 11.1 Å². The third kappa shape index (κ3) is 0.955. The van der Waals surface area contributed by atoms with Gasteiger partial charge in [-0.05, 0) is 17.5 Å². The van der Waals surface area contributed by atoms with Crippen molar-refractivity contribution >= 4 is 16.7 Å². The van der Waals surface area contributed by atoms with Gasteiger partial charge in [0.25, 0.3) is 0 Å². The Labute approximate surface area is 69.7 Å². The number of hydrogen-bond donors (Lipinski definition) is 3. The lowest BCUT2D eigenvalue weighted by molar-refractivity contribution is 1.42. The number of aromatic nitrogens is 1. The van der Waals surface area contributed by atoms with Crippen LogP contribution in [0.25, 0.3) is 10.9 Å². The van der Waals surface area contributed by atoms with E-state index in [-0.39, 0.29) is 5.84 Å². The number of nitrogens with two attached hydrogens (primary N) is 1. The molecule has 0 saturated carbocycles. The van der Waals surface area contributed by atoms with E-state index in [0.717, 1.165) is 16.5 Å². The summed E-state index contributed by atoms with van der Waals surface area (Å²) >= 11 is 0. The molecule has 0 amide bonds. The fraction of sp³-hybridized carbons (Fsp3) is 0. The number of amidine groups is 1. The molecule has 2 rings (SSSR count). The van der Waals surface area contributed by atoms with Crippen molar-refractivity contribution in [2.24, 2.45) is 5.73 Å². The Bertz CT molecular complexity index is 428. The van der Waals surface area contributed by atoms with E-state index < -0.39 is 0 Å². The molecule has 0 bridgehead atoms. The Morgan fingerprint density at radius 3 is 2.92 bits per heavy atom. The van der Waals surface area contributed by atoms with Gasteiger partial charge in [-0.15, -0.1) is 0 Å². The number of H-pyrrole nitrogens is 1. The molecule has 1 aromatic heterocycles. The van der Waals surface area contributed by atoms with Crippen molar-refractivity contribution in [3.05, 3.63) is 36.0 Å². The Morgan fingerprint density at radius 1 is 1.33 bits per heavy atom. The zero-order valence-corrected chi connectivity index (χ0v) is 6.46. The predicted molar refractivity (Wildman–Crippen MR) is 49.3 cm³/mol. The molecule has 3 nitrogen and oxygen atoms in total. The SMILES string of the molecule is N=C(N)c1ccc2cc[nH]c2c1. The number of nitrogens with one attached hydrogen (secondary N) is 2. The maximum absolute atomic E-state index is 7.23. The second kappa shape index (κ2) is 2.37. The van der Waals surface area contributed by atoms with Crippen LogP contribution in [-0.2, 0) is 0 Å². The van der Waals surface area contributed by atoms with Crippen LogP contribution in [0, 0.1) is 5.41 Å². The molecular weight excluding hydrogens is 150 g/mol. The van der Waals surface area contributed by atoms with E-state index in [1.54, 1.807) is 0 Å². The molecule has 0 atom stereocenters. The van der Waals surface area contributed by atoms with E-state index in [9.17, 15) is 0 Å². The van der Waals surface area contributed by atoms with Gasteiger partial charge in [-0.3, -0.25) is 5.41 Å². The van der Waals surface area contributed by atoms with Crippen LogP contribution >= 0.6 is 0 Å². The quantitative estimate of drug-likeness (QED) is 0.428. The molecule has 0 spiro atoms. The zero-order valence-electron chi connectivity index (χ0n) is 6.46. The molecule has 0 aliphatic rings. The molecule has 1 heterocycles. The number of benzene rings is 1. The van der Waals surface area contributed by atoms with Gasteiger partial charge in [-0.25, -0.2) is 0 Å². The summed E-state index contributed by atoms with van der Waals surface area (Å²) in [6.07, 6.45) is 1.87. The first-order valence-corrected chi connectivity index (χ1v) is 3.69. The first kappa shape index (κ1) is 6.91. The van der Waals surface area contributed by atoms with Gasteiger partial charge in [0.1, 0.15) is 5.84 Å². The number of aromatic amines is 1. The summed E-state index contributed by atoms with van der Waals surface area (Å²) in [5.74, 6) is 0.103. The minimum Gasteiger partial charge on any atom is -0.384 e.